The predicted molar refractivity (Wildman–Crippen MR) is 121 cm³/mol. The van der Waals surface area contributed by atoms with E-state index in [0.29, 0.717) is 11.3 Å². The minimum atomic E-state index is -0.153. The monoisotopic (exact) mass is 427 g/mol. The van der Waals surface area contributed by atoms with Crippen LogP contribution in [0.25, 0.3) is 0 Å². The van der Waals surface area contributed by atoms with Gasteiger partial charge in [-0.15, -0.1) is 0 Å². The van der Waals surface area contributed by atoms with Crippen LogP contribution < -0.4 is 5.32 Å². The van der Waals surface area contributed by atoms with Crippen LogP contribution in [-0.4, -0.2) is 60.3 Å². The molecule has 1 aliphatic heterocycles. The van der Waals surface area contributed by atoms with Crippen LogP contribution in [0.2, 0.25) is 0 Å². The highest BCUT2D eigenvalue weighted by Crippen LogP contribution is 2.23. The van der Waals surface area contributed by atoms with Gasteiger partial charge in [0, 0.05) is 49.9 Å². The van der Waals surface area contributed by atoms with E-state index in [2.05, 4.69) is 24.1 Å². The molecule has 1 N–H and O–H groups in total. The Balaban J connectivity index is 1.55. The van der Waals surface area contributed by atoms with E-state index >= 15 is 0 Å². The highest BCUT2D eigenvalue weighted by Gasteiger charge is 2.22. The molecule has 0 spiro atoms. The fraction of sp³-hybridized carbons (Fsp3) is 0.391. The van der Waals surface area contributed by atoms with Crippen LogP contribution in [0.1, 0.15) is 29.8 Å². The first-order valence-electron chi connectivity index (χ1n) is 10.1. The molecule has 0 saturated carbocycles. The van der Waals surface area contributed by atoms with Gasteiger partial charge in [0.25, 0.3) is 11.1 Å². The quantitative estimate of drug-likeness (QED) is 0.720. The van der Waals surface area contributed by atoms with Crippen molar-refractivity contribution in [3.05, 3.63) is 59.7 Å². The number of rotatable bonds is 5. The van der Waals surface area contributed by atoms with Gasteiger partial charge >= 0.3 is 0 Å². The minimum absolute atomic E-state index is 0.0344. The minimum Gasteiger partial charge on any atom is -0.373 e. The Morgan fingerprint density at radius 1 is 1.03 bits per heavy atom. The molecule has 1 heterocycles. The standard InChI is InChI=1S/C23H29N3O3S/c1-16-13-26(14-17(2)29-16)15-18-5-7-19(8-6-18)22(27)24-20-9-11-21(12-10-20)30-23(28)25(3)4/h5-12,16-17H,13-15H2,1-4H3,(H,24,27). The molecule has 0 aliphatic carbocycles. The van der Waals surface area contributed by atoms with Crippen LogP contribution in [0.15, 0.2) is 53.4 Å². The van der Waals surface area contributed by atoms with Gasteiger partial charge in [0.1, 0.15) is 0 Å². The molecule has 1 saturated heterocycles. The molecular weight excluding hydrogens is 398 g/mol. The molecule has 2 atom stereocenters. The number of benzene rings is 2. The lowest BCUT2D eigenvalue weighted by Gasteiger charge is -2.35. The maximum absolute atomic E-state index is 12.5. The zero-order valence-electron chi connectivity index (χ0n) is 17.9. The van der Waals surface area contributed by atoms with Gasteiger partial charge < -0.3 is 15.0 Å². The van der Waals surface area contributed by atoms with Gasteiger partial charge in [-0.25, -0.2) is 0 Å². The van der Waals surface area contributed by atoms with Crippen molar-refractivity contribution in [1.29, 1.82) is 0 Å². The Morgan fingerprint density at radius 2 is 1.63 bits per heavy atom. The second-order valence-electron chi connectivity index (χ2n) is 7.89. The van der Waals surface area contributed by atoms with Gasteiger partial charge in [-0.05, 0) is 67.6 Å². The van der Waals surface area contributed by atoms with E-state index in [1.54, 1.807) is 26.2 Å². The highest BCUT2D eigenvalue weighted by atomic mass is 32.2. The fourth-order valence-corrected chi connectivity index (χ4v) is 4.09. The van der Waals surface area contributed by atoms with Crippen molar-refractivity contribution in [1.82, 2.24) is 9.80 Å². The molecule has 0 aromatic heterocycles. The fourth-order valence-electron chi connectivity index (χ4n) is 3.43. The summed E-state index contributed by atoms with van der Waals surface area (Å²) in [6.45, 7) is 6.88. The molecule has 6 nitrogen and oxygen atoms in total. The average Bonchev–Trinajstić information content (AvgIpc) is 2.69. The number of amides is 2. The van der Waals surface area contributed by atoms with Crippen molar-refractivity contribution < 1.29 is 14.3 Å². The van der Waals surface area contributed by atoms with Gasteiger partial charge in [-0.2, -0.15) is 0 Å². The number of carbonyl (C=O) groups excluding carboxylic acids is 2. The lowest BCUT2D eigenvalue weighted by Crippen LogP contribution is -2.44. The SMILES string of the molecule is CC1CN(Cc2ccc(C(=O)Nc3ccc(SC(=O)N(C)C)cc3)cc2)CC(C)O1. The molecule has 2 aromatic carbocycles. The number of hydrogen-bond acceptors (Lipinski definition) is 5. The topological polar surface area (TPSA) is 61.9 Å². The Bertz CT molecular complexity index is 858. The van der Waals surface area contributed by atoms with E-state index in [1.165, 1.54) is 10.5 Å². The molecule has 0 radical (unpaired) electrons. The largest absolute Gasteiger partial charge is 0.373 e. The number of anilines is 1. The molecule has 1 aliphatic rings. The first-order chi connectivity index (χ1) is 14.3. The predicted octanol–water partition coefficient (Wildman–Crippen LogP) is 4.32. The van der Waals surface area contributed by atoms with Gasteiger partial charge in [-0.3, -0.25) is 14.5 Å². The van der Waals surface area contributed by atoms with Gasteiger partial charge in [0.15, 0.2) is 0 Å². The zero-order chi connectivity index (χ0) is 21.7. The van der Waals surface area contributed by atoms with Crippen LogP contribution >= 0.6 is 11.8 Å². The molecule has 30 heavy (non-hydrogen) atoms. The lowest BCUT2D eigenvalue weighted by atomic mass is 10.1. The normalized spacial score (nSPS) is 19.3. The van der Waals surface area contributed by atoms with Crippen LogP contribution in [0.5, 0.6) is 0 Å². The number of nitrogens with one attached hydrogen (secondary N) is 1. The van der Waals surface area contributed by atoms with Crippen molar-refractivity contribution >= 4 is 28.6 Å². The van der Waals surface area contributed by atoms with E-state index in [0.717, 1.165) is 36.3 Å². The smallest absolute Gasteiger partial charge is 0.285 e. The van der Waals surface area contributed by atoms with E-state index in [-0.39, 0.29) is 23.4 Å². The molecular formula is C23H29N3O3S. The Hall–Kier alpha value is -2.35. The number of nitrogens with zero attached hydrogens (tertiary/aromatic N) is 2. The van der Waals surface area contributed by atoms with Crippen molar-refractivity contribution in [2.45, 2.75) is 37.5 Å². The van der Waals surface area contributed by atoms with Crippen LogP contribution in [0.3, 0.4) is 0 Å². The molecule has 3 rings (SSSR count). The van der Waals surface area contributed by atoms with E-state index in [1.807, 2.05) is 36.4 Å². The van der Waals surface area contributed by atoms with E-state index in [4.69, 9.17) is 4.74 Å². The van der Waals surface area contributed by atoms with Gasteiger partial charge in [-0.1, -0.05) is 12.1 Å². The maximum atomic E-state index is 12.5. The van der Waals surface area contributed by atoms with Crippen molar-refractivity contribution in [3.63, 3.8) is 0 Å². The third-order valence-electron chi connectivity index (χ3n) is 4.80. The second-order valence-corrected chi connectivity index (χ2v) is 8.91. The van der Waals surface area contributed by atoms with Crippen molar-refractivity contribution in [2.24, 2.45) is 0 Å². The third kappa shape index (κ3) is 6.32. The maximum Gasteiger partial charge on any atom is 0.285 e. The molecule has 7 heteroatoms. The molecule has 2 aromatic rings. The summed E-state index contributed by atoms with van der Waals surface area (Å²) in [7, 11) is 3.44. The summed E-state index contributed by atoms with van der Waals surface area (Å²) in [5.74, 6) is -0.153. The van der Waals surface area contributed by atoms with Gasteiger partial charge in [0.2, 0.25) is 0 Å². The Morgan fingerprint density at radius 3 is 2.20 bits per heavy atom. The van der Waals surface area contributed by atoms with Crippen molar-refractivity contribution in [2.75, 3.05) is 32.5 Å². The Labute approximate surface area is 182 Å². The first-order valence-corrected chi connectivity index (χ1v) is 10.9. The molecule has 1 fully saturated rings. The van der Waals surface area contributed by atoms with E-state index in [9.17, 15) is 9.59 Å². The second kappa shape index (κ2) is 10.1. The van der Waals surface area contributed by atoms with Crippen molar-refractivity contribution in [3.8, 4) is 0 Å². The van der Waals surface area contributed by atoms with E-state index < -0.39 is 0 Å². The molecule has 160 valence electrons. The number of morpholine rings is 1. The molecule has 0 bridgehead atoms. The summed E-state index contributed by atoms with van der Waals surface area (Å²) in [5, 5.41) is 2.87. The molecule has 2 amide bonds. The lowest BCUT2D eigenvalue weighted by molar-refractivity contribution is -0.0704. The number of thioether (sulfide) groups is 1. The summed E-state index contributed by atoms with van der Waals surface area (Å²) in [5.41, 5.74) is 2.49. The summed E-state index contributed by atoms with van der Waals surface area (Å²) in [4.78, 5) is 29.1. The summed E-state index contributed by atoms with van der Waals surface area (Å²) in [6.07, 6.45) is 0.481. The third-order valence-corrected chi connectivity index (χ3v) is 5.85. The average molecular weight is 428 g/mol. The van der Waals surface area contributed by atoms with Crippen LogP contribution in [0.4, 0.5) is 10.5 Å². The first kappa shape index (κ1) is 22.3. The zero-order valence-corrected chi connectivity index (χ0v) is 18.7. The van der Waals surface area contributed by atoms with Gasteiger partial charge in [0.05, 0.1) is 12.2 Å². The van der Waals surface area contributed by atoms with Crippen LogP contribution in [0, 0.1) is 0 Å². The summed E-state index contributed by atoms with van der Waals surface area (Å²) >= 11 is 1.15. The summed E-state index contributed by atoms with van der Waals surface area (Å²) in [6, 6.07) is 15.0. The number of ether oxygens (including phenoxy) is 1. The highest BCUT2D eigenvalue weighted by molar-refractivity contribution is 8.13. The molecule has 2 unspecified atom stereocenters. The van der Waals surface area contributed by atoms with Crippen LogP contribution in [-0.2, 0) is 11.3 Å². The number of hydrogen-bond donors (Lipinski definition) is 1. The number of carbonyl (C=O) groups is 2. The summed E-state index contributed by atoms with van der Waals surface area (Å²) < 4.78 is 5.78. The Kier molecular flexibility index (Phi) is 7.53.